The SMILES string of the molecule is CCCCCc1ccc2c(c1)C(c1ccc(F)cc1)=NCc1cc(=O)n(C)cc1-2. The smallest absolute Gasteiger partial charge is 0.250 e. The van der Waals surface area contributed by atoms with Gasteiger partial charge in [0.1, 0.15) is 5.82 Å². The van der Waals surface area contributed by atoms with Crippen LogP contribution in [0.15, 0.2) is 64.5 Å². The molecule has 0 fully saturated rings. The average Bonchev–Trinajstić information content (AvgIpc) is 2.86. The van der Waals surface area contributed by atoms with Gasteiger partial charge in [0.15, 0.2) is 0 Å². The first kappa shape index (κ1) is 19.3. The lowest BCUT2D eigenvalue weighted by atomic mass is 9.90. The quantitative estimate of drug-likeness (QED) is 0.548. The Labute approximate surface area is 170 Å². The number of aliphatic imine (C=N–C) groups is 1. The van der Waals surface area contributed by atoms with Crippen LogP contribution in [0.4, 0.5) is 4.39 Å². The molecule has 0 atom stereocenters. The molecule has 1 aliphatic rings. The molecule has 2 heterocycles. The average molecular weight is 388 g/mol. The molecule has 0 radical (unpaired) electrons. The number of fused-ring (bicyclic) bond motifs is 3. The van der Waals surface area contributed by atoms with E-state index >= 15 is 0 Å². The van der Waals surface area contributed by atoms with E-state index in [1.807, 2.05) is 6.20 Å². The summed E-state index contributed by atoms with van der Waals surface area (Å²) in [4.78, 5) is 17.0. The van der Waals surface area contributed by atoms with E-state index in [4.69, 9.17) is 4.99 Å². The number of benzene rings is 2. The van der Waals surface area contributed by atoms with Crippen molar-refractivity contribution in [2.24, 2.45) is 12.0 Å². The number of pyridine rings is 1. The van der Waals surface area contributed by atoms with Crippen LogP contribution in [0.2, 0.25) is 0 Å². The van der Waals surface area contributed by atoms with Gasteiger partial charge in [0.25, 0.3) is 5.56 Å². The fourth-order valence-corrected chi connectivity index (χ4v) is 3.90. The monoisotopic (exact) mass is 388 g/mol. The van der Waals surface area contributed by atoms with E-state index in [1.54, 1.807) is 29.8 Å². The second kappa shape index (κ2) is 8.16. The van der Waals surface area contributed by atoms with E-state index in [9.17, 15) is 9.18 Å². The summed E-state index contributed by atoms with van der Waals surface area (Å²) in [5.41, 5.74) is 7.04. The van der Waals surface area contributed by atoms with Gasteiger partial charge >= 0.3 is 0 Å². The summed E-state index contributed by atoms with van der Waals surface area (Å²) in [5, 5.41) is 0. The van der Waals surface area contributed by atoms with Gasteiger partial charge in [-0.2, -0.15) is 0 Å². The molecule has 1 aliphatic heterocycles. The number of hydrogen-bond donors (Lipinski definition) is 0. The number of unbranched alkanes of at least 4 members (excludes halogenated alkanes) is 2. The normalized spacial score (nSPS) is 12.7. The van der Waals surface area contributed by atoms with E-state index < -0.39 is 0 Å². The molecule has 0 N–H and O–H groups in total. The second-order valence-electron chi connectivity index (χ2n) is 7.67. The summed E-state index contributed by atoms with van der Waals surface area (Å²) < 4.78 is 15.1. The van der Waals surface area contributed by atoms with Crippen molar-refractivity contribution >= 4 is 5.71 Å². The first-order valence-electron chi connectivity index (χ1n) is 10.2. The van der Waals surface area contributed by atoms with E-state index in [1.165, 1.54) is 30.5 Å². The van der Waals surface area contributed by atoms with Crippen molar-refractivity contribution in [2.45, 2.75) is 39.2 Å². The maximum absolute atomic E-state index is 13.5. The minimum Gasteiger partial charge on any atom is -0.318 e. The highest BCUT2D eigenvalue weighted by Crippen LogP contribution is 2.33. The zero-order valence-electron chi connectivity index (χ0n) is 16.9. The summed E-state index contributed by atoms with van der Waals surface area (Å²) >= 11 is 0. The third-order valence-corrected chi connectivity index (χ3v) is 5.54. The molecule has 1 aromatic heterocycles. The lowest BCUT2D eigenvalue weighted by molar-refractivity contribution is 0.628. The van der Waals surface area contributed by atoms with Gasteiger partial charge in [0.2, 0.25) is 0 Å². The van der Waals surface area contributed by atoms with Crippen molar-refractivity contribution in [1.29, 1.82) is 0 Å². The van der Waals surface area contributed by atoms with Gasteiger partial charge in [-0.3, -0.25) is 9.79 Å². The van der Waals surface area contributed by atoms with Gasteiger partial charge in [-0.15, -0.1) is 0 Å². The van der Waals surface area contributed by atoms with Gasteiger partial charge in [-0.1, -0.05) is 31.9 Å². The Morgan fingerprint density at radius 3 is 2.55 bits per heavy atom. The van der Waals surface area contributed by atoms with Crippen LogP contribution >= 0.6 is 0 Å². The fraction of sp³-hybridized carbons (Fsp3) is 0.280. The number of rotatable bonds is 5. The number of nitrogens with zero attached hydrogens (tertiary/aromatic N) is 2. The van der Waals surface area contributed by atoms with E-state index in [0.717, 1.165) is 46.4 Å². The third-order valence-electron chi connectivity index (χ3n) is 5.54. The van der Waals surface area contributed by atoms with Crippen LogP contribution in [0.1, 0.15) is 48.4 Å². The maximum atomic E-state index is 13.5. The molecule has 4 heteroatoms. The second-order valence-corrected chi connectivity index (χ2v) is 7.67. The van der Waals surface area contributed by atoms with Crippen molar-refractivity contribution in [1.82, 2.24) is 4.57 Å². The Bertz CT molecular complexity index is 1130. The van der Waals surface area contributed by atoms with Crippen molar-refractivity contribution in [3.8, 4) is 11.1 Å². The van der Waals surface area contributed by atoms with Gasteiger partial charge < -0.3 is 4.57 Å². The number of aryl methyl sites for hydroxylation is 2. The summed E-state index contributed by atoms with van der Waals surface area (Å²) in [6.07, 6.45) is 6.48. The number of aromatic nitrogens is 1. The fourth-order valence-electron chi connectivity index (χ4n) is 3.90. The molecule has 0 saturated carbocycles. The van der Waals surface area contributed by atoms with Crippen LogP contribution in [-0.2, 0) is 20.0 Å². The molecular formula is C25H25FN2O. The molecule has 148 valence electrons. The van der Waals surface area contributed by atoms with E-state index in [2.05, 4.69) is 25.1 Å². The van der Waals surface area contributed by atoms with Gasteiger partial charge in [0, 0.05) is 36.0 Å². The van der Waals surface area contributed by atoms with Gasteiger partial charge in [-0.25, -0.2) is 4.39 Å². The van der Waals surface area contributed by atoms with Crippen LogP contribution in [0.25, 0.3) is 11.1 Å². The van der Waals surface area contributed by atoms with Gasteiger partial charge in [-0.05, 0) is 59.9 Å². The predicted octanol–water partition coefficient (Wildman–Crippen LogP) is 5.28. The van der Waals surface area contributed by atoms with Crippen molar-refractivity contribution in [2.75, 3.05) is 0 Å². The standard InChI is InChI=1S/C25H25FN2O/c1-3-4-5-6-17-7-12-21-22(13-17)25(18-8-10-20(26)11-9-18)27-15-19-14-24(29)28(2)16-23(19)21/h7-14,16H,3-6,15H2,1-2H3. The highest BCUT2D eigenvalue weighted by molar-refractivity contribution is 6.17. The summed E-state index contributed by atoms with van der Waals surface area (Å²) in [5.74, 6) is -0.261. The van der Waals surface area contributed by atoms with Crippen molar-refractivity contribution in [3.05, 3.63) is 93.2 Å². The summed E-state index contributed by atoms with van der Waals surface area (Å²) in [7, 11) is 1.77. The molecule has 0 aliphatic carbocycles. The number of halogens is 1. The molecule has 4 rings (SSSR count). The first-order valence-corrected chi connectivity index (χ1v) is 10.2. The highest BCUT2D eigenvalue weighted by Gasteiger charge is 2.20. The lowest BCUT2D eigenvalue weighted by Gasteiger charge is -2.14. The third kappa shape index (κ3) is 3.93. The van der Waals surface area contributed by atoms with Crippen LogP contribution in [-0.4, -0.2) is 10.3 Å². The van der Waals surface area contributed by atoms with Crippen LogP contribution in [0, 0.1) is 5.82 Å². The van der Waals surface area contributed by atoms with Crippen LogP contribution in [0.3, 0.4) is 0 Å². The maximum Gasteiger partial charge on any atom is 0.250 e. The molecular weight excluding hydrogens is 363 g/mol. The molecule has 2 aromatic carbocycles. The molecule has 0 bridgehead atoms. The Morgan fingerprint density at radius 1 is 1.00 bits per heavy atom. The molecule has 3 aromatic rings. The molecule has 3 nitrogen and oxygen atoms in total. The molecule has 0 saturated heterocycles. The highest BCUT2D eigenvalue weighted by atomic mass is 19.1. The summed E-state index contributed by atoms with van der Waals surface area (Å²) in [6, 6.07) is 14.7. The van der Waals surface area contributed by atoms with Crippen molar-refractivity contribution in [3.63, 3.8) is 0 Å². The van der Waals surface area contributed by atoms with Crippen LogP contribution in [0.5, 0.6) is 0 Å². The van der Waals surface area contributed by atoms with E-state index in [-0.39, 0.29) is 11.4 Å². The van der Waals surface area contributed by atoms with Crippen molar-refractivity contribution < 1.29 is 4.39 Å². The van der Waals surface area contributed by atoms with E-state index in [0.29, 0.717) is 6.54 Å². The Kier molecular flexibility index (Phi) is 5.43. The molecule has 0 spiro atoms. The zero-order chi connectivity index (χ0) is 20.4. The lowest BCUT2D eigenvalue weighted by Crippen LogP contribution is -2.16. The minimum atomic E-state index is -0.261. The topological polar surface area (TPSA) is 34.4 Å². The Hall–Kier alpha value is -3.01. The van der Waals surface area contributed by atoms with Crippen LogP contribution < -0.4 is 5.56 Å². The first-order chi connectivity index (χ1) is 14.1. The molecule has 0 unspecified atom stereocenters. The Morgan fingerprint density at radius 2 is 1.79 bits per heavy atom. The number of hydrogen-bond acceptors (Lipinski definition) is 2. The predicted molar refractivity (Wildman–Crippen MR) is 116 cm³/mol. The molecule has 0 amide bonds. The largest absolute Gasteiger partial charge is 0.318 e. The minimum absolute atomic E-state index is 0.0399. The zero-order valence-corrected chi connectivity index (χ0v) is 16.9. The van der Waals surface area contributed by atoms with Gasteiger partial charge in [0.05, 0.1) is 12.3 Å². The molecule has 29 heavy (non-hydrogen) atoms. The Balaban J connectivity index is 1.88. The summed E-state index contributed by atoms with van der Waals surface area (Å²) in [6.45, 7) is 2.63.